The predicted octanol–water partition coefficient (Wildman–Crippen LogP) is 2.59. The first-order valence-corrected chi connectivity index (χ1v) is 10.5. The van der Waals surface area contributed by atoms with Gasteiger partial charge < -0.3 is 10.6 Å². The van der Waals surface area contributed by atoms with Gasteiger partial charge in [0.05, 0.1) is 11.4 Å². The van der Waals surface area contributed by atoms with Crippen molar-refractivity contribution in [1.82, 2.24) is 19.8 Å². The second-order valence-corrected chi connectivity index (χ2v) is 9.05. The average molecular weight is 386 g/mol. The number of fused-ring (bicyclic) bond motifs is 1. The van der Waals surface area contributed by atoms with E-state index in [2.05, 4.69) is 34.9 Å². The second-order valence-electron chi connectivity index (χ2n) is 7.91. The van der Waals surface area contributed by atoms with Crippen LogP contribution < -0.4 is 5.73 Å². The number of amides is 1. The molecule has 0 bridgehead atoms. The molecule has 1 saturated heterocycles. The van der Waals surface area contributed by atoms with Crippen LogP contribution in [0.15, 0.2) is 18.3 Å². The summed E-state index contributed by atoms with van der Waals surface area (Å²) in [6.45, 7) is 4.51. The molecule has 0 unspecified atom stereocenters. The Balaban J connectivity index is 1.38. The first kappa shape index (κ1) is 18.4. The fraction of sp³-hybridized carbons (Fsp3) is 0.550. The number of hydrogen-bond donors (Lipinski definition) is 1. The molecule has 144 valence electrons. The summed E-state index contributed by atoms with van der Waals surface area (Å²) >= 11 is 1.71. The lowest BCUT2D eigenvalue weighted by atomic mass is 9.90. The third kappa shape index (κ3) is 3.99. The molecule has 27 heavy (non-hydrogen) atoms. The van der Waals surface area contributed by atoms with Crippen molar-refractivity contribution in [3.63, 3.8) is 0 Å². The molecule has 1 aliphatic heterocycles. The molecule has 2 aromatic rings. The summed E-state index contributed by atoms with van der Waals surface area (Å²) in [6.07, 6.45) is 6.15. The Hall–Kier alpha value is -1.99. The fourth-order valence-corrected chi connectivity index (χ4v) is 5.27. The quantitative estimate of drug-likeness (QED) is 0.875. The number of nitrogens with two attached hydrogens (primary N) is 1. The van der Waals surface area contributed by atoms with Crippen molar-refractivity contribution in [3.8, 4) is 0 Å². The molecule has 2 N–H and O–H groups in total. The van der Waals surface area contributed by atoms with Gasteiger partial charge in [-0.1, -0.05) is 6.92 Å². The van der Waals surface area contributed by atoms with E-state index in [-0.39, 0.29) is 5.91 Å². The van der Waals surface area contributed by atoms with Crippen molar-refractivity contribution in [1.29, 1.82) is 0 Å². The number of thiophene rings is 1. The third-order valence-electron chi connectivity index (χ3n) is 5.73. The van der Waals surface area contributed by atoms with Gasteiger partial charge in [0.2, 0.25) is 0 Å². The average Bonchev–Trinajstić information content (AvgIpc) is 3.28. The molecular formula is C20H27N5OS. The van der Waals surface area contributed by atoms with Gasteiger partial charge in [0.15, 0.2) is 0 Å². The van der Waals surface area contributed by atoms with Crippen LogP contribution in [-0.4, -0.2) is 51.9 Å². The van der Waals surface area contributed by atoms with Gasteiger partial charge in [-0.25, -0.2) is 9.97 Å². The highest BCUT2D eigenvalue weighted by molar-refractivity contribution is 7.14. The number of likely N-dealkylation sites (tertiary alicyclic amines) is 1. The van der Waals surface area contributed by atoms with Gasteiger partial charge in [-0.2, -0.15) is 0 Å². The molecule has 0 aromatic carbocycles. The molecule has 1 fully saturated rings. The van der Waals surface area contributed by atoms with Crippen LogP contribution in [0.3, 0.4) is 0 Å². The maximum atomic E-state index is 13.0. The maximum Gasteiger partial charge on any atom is 0.263 e. The van der Waals surface area contributed by atoms with E-state index in [0.29, 0.717) is 18.4 Å². The minimum absolute atomic E-state index is 0.193. The first-order chi connectivity index (χ1) is 13.0. The minimum Gasteiger partial charge on any atom is -0.384 e. The zero-order valence-electron chi connectivity index (χ0n) is 16.0. The van der Waals surface area contributed by atoms with Crippen LogP contribution in [0.5, 0.6) is 0 Å². The predicted molar refractivity (Wildman–Crippen MR) is 108 cm³/mol. The largest absolute Gasteiger partial charge is 0.384 e. The second kappa shape index (κ2) is 7.56. The number of likely N-dealkylation sites (N-methyl/N-ethyl adjacent to an activating group) is 1. The van der Waals surface area contributed by atoms with Crippen molar-refractivity contribution in [2.45, 2.75) is 45.2 Å². The van der Waals surface area contributed by atoms with Crippen LogP contribution in [0.1, 0.15) is 45.7 Å². The molecule has 0 saturated carbocycles. The molecule has 1 amide bonds. The van der Waals surface area contributed by atoms with Crippen LogP contribution in [0.25, 0.3) is 0 Å². The highest BCUT2D eigenvalue weighted by Gasteiger charge is 2.31. The Labute approximate surface area is 164 Å². The smallest absolute Gasteiger partial charge is 0.263 e. The monoisotopic (exact) mass is 385 g/mol. The van der Waals surface area contributed by atoms with E-state index in [1.165, 1.54) is 16.9 Å². The number of rotatable bonds is 4. The zero-order valence-corrected chi connectivity index (χ0v) is 16.8. The number of aromatic nitrogens is 2. The SMILES string of the molecule is C[C@@H]1CCc2sc(C(=O)N3CC[C@H](N(C)Cc4nccc(N)n4)C3)cc2C1. The Kier molecular flexibility index (Phi) is 5.14. The molecule has 2 aliphatic rings. The Morgan fingerprint density at radius 1 is 1.44 bits per heavy atom. The Morgan fingerprint density at radius 3 is 3.11 bits per heavy atom. The van der Waals surface area contributed by atoms with E-state index in [4.69, 9.17) is 5.73 Å². The highest BCUT2D eigenvalue weighted by atomic mass is 32.1. The van der Waals surface area contributed by atoms with Crippen LogP contribution in [0.2, 0.25) is 0 Å². The van der Waals surface area contributed by atoms with E-state index in [9.17, 15) is 4.79 Å². The van der Waals surface area contributed by atoms with Gasteiger partial charge in [0, 0.05) is 30.2 Å². The third-order valence-corrected chi connectivity index (χ3v) is 6.96. The normalized spacial score (nSPS) is 22.3. The number of nitrogens with zero attached hydrogens (tertiary/aromatic N) is 4. The van der Waals surface area contributed by atoms with Gasteiger partial charge in [-0.05, 0) is 56.3 Å². The van der Waals surface area contributed by atoms with E-state index in [1.54, 1.807) is 23.6 Å². The van der Waals surface area contributed by atoms with Crippen molar-refractivity contribution in [2.75, 3.05) is 25.9 Å². The molecule has 0 radical (unpaired) electrons. The lowest BCUT2D eigenvalue weighted by Gasteiger charge is -2.23. The summed E-state index contributed by atoms with van der Waals surface area (Å²) < 4.78 is 0. The fourth-order valence-electron chi connectivity index (χ4n) is 4.10. The van der Waals surface area contributed by atoms with Gasteiger partial charge in [0.1, 0.15) is 11.6 Å². The number of nitrogen functional groups attached to an aromatic ring is 1. The summed E-state index contributed by atoms with van der Waals surface area (Å²) in [6, 6.07) is 4.17. The summed E-state index contributed by atoms with van der Waals surface area (Å²) in [5.74, 6) is 2.14. The van der Waals surface area contributed by atoms with E-state index < -0.39 is 0 Å². The molecule has 7 heteroatoms. The van der Waals surface area contributed by atoms with E-state index in [0.717, 1.165) is 49.0 Å². The zero-order chi connectivity index (χ0) is 19.0. The van der Waals surface area contributed by atoms with Crippen molar-refractivity contribution < 1.29 is 4.79 Å². The summed E-state index contributed by atoms with van der Waals surface area (Å²) in [5, 5.41) is 0. The highest BCUT2D eigenvalue weighted by Crippen LogP contribution is 2.33. The number of hydrogen-bond acceptors (Lipinski definition) is 6. The van der Waals surface area contributed by atoms with Crippen LogP contribution in [-0.2, 0) is 19.4 Å². The molecular weight excluding hydrogens is 358 g/mol. The van der Waals surface area contributed by atoms with Crippen molar-refractivity contribution in [2.24, 2.45) is 5.92 Å². The minimum atomic E-state index is 0.193. The number of anilines is 1. The van der Waals surface area contributed by atoms with Gasteiger partial charge >= 0.3 is 0 Å². The van der Waals surface area contributed by atoms with Gasteiger partial charge in [-0.15, -0.1) is 11.3 Å². The van der Waals surface area contributed by atoms with Crippen molar-refractivity contribution >= 4 is 23.1 Å². The lowest BCUT2D eigenvalue weighted by molar-refractivity contribution is 0.0784. The van der Waals surface area contributed by atoms with Crippen LogP contribution >= 0.6 is 11.3 Å². The molecule has 0 spiro atoms. The Bertz CT molecular complexity index is 836. The Morgan fingerprint density at radius 2 is 2.30 bits per heavy atom. The topological polar surface area (TPSA) is 75.4 Å². The number of aryl methyl sites for hydroxylation is 1. The standard InChI is InChI=1S/C20H27N5OS/c1-13-3-4-16-14(9-13)10-17(27-16)20(26)25-8-6-15(11-25)24(2)12-19-22-7-5-18(21)23-19/h5,7,10,13,15H,3-4,6,8-9,11-12H2,1-2H3,(H2,21,22,23)/t13-,15+/m1/s1. The maximum absolute atomic E-state index is 13.0. The van der Waals surface area contributed by atoms with Gasteiger partial charge in [-0.3, -0.25) is 9.69 Å². The lowest BCUT2D eigenvalue weighted by Crippen LogP contribution is -2.36. The van der Waals surface area contributed by atoms with Crippen LogP contribution in [0.4, 0.5) is 5.82 Å². The molecule has 6 nitrogen and oxygen atoms in total. The molecule has 1 aliphatic carbocycles. The van der Waals surface area contributed by atoms with Crippen molar-refractivity contribution in [3.05, 3.63) is 39.5 Å². The first-order valence-electron chi connectivity index (χ1n) is 9.68. The number of carbonyl (C=O) groups excluding carboxylic acids is 1. The van der Waals surface area contributed by atoms with Crippen LogP contribution in [0, 0.1) is 5.92 Å². The van der Waals surface area contributed by atoms with E-state index in [1.807, 2.05) is 4.90 Å². The molecule has 3 heterocycles. The van der Waals surface area contributed by atoms with E-state index >= 15 is 0 Å². The summed E-state index contributed by atoms with van der Waals surface area (Å²) in [5.41, 5.74) is 7.14. The summed E-state index contributed by atoms with van der Waals surface area (Å²) in [7, 11) is 2.07. The molecule has 2 atom stereocenters. The summed E-state index contributed by atoms with van der Waals surface area (Å²) in [4.78, 5) is 28.1. The molecule has 4 rings (SSSR count). The molecule has 2 aromatic heterocycles. The number of carbonyl (C=O) groups is 1. The van der Waals surface area contributed by atoms with Gasteiger partial charge in [0.25, 0.3) is 5.91 Å².